The predicted octanol–water partition coefficient (Wildman–Crippen LogP) is 2.23. The Balaban J connectivity index is 2.12. The van der Waals surface area contributed by atoms with Gasteiger partial charge in [-0.3, -0.25) is 0 Å². The van der Waals surface area contributed by atoms with E-state index in [1.807, 2.05) is 0 Å². The lowest BCUT2D eigenvalue weighted by Gasteiger charge is -2.34. The van der Waals surface area contributed by atoms with Crippen molar-refractivity contribution in [3.05, 3.63) is 10.7 Å². The summed E-state index contributed by atoms with van der Waals surface area (Å²) in [4.78, 5) is 8.50. The van der Waals surface area contributed by atoms with Gasteiger partial charge < -0.3 is 14.8 Å². The number of halogens is 1. The molecule has 1 aromatic heterocycles. The number of hydrogen-bond donors (Lipinski definition) is 1. The minimum absolute atomic E-state index is 0.100. The van der Waals surface area contributed by atoms with Gasteiger partial charge in [-0.15, -0.1) is 0 Å². The van der Waals surface area contributed by atoms with Gasteiger partial charge in [-0.25, -0.2) is 4.98 Å². The fourth-order valence-corrected chi connectivity index (χ4v) is 2.21. The molecule has 2 rings (SSSR count). The van der Waals surface area contributed by atoms with E-state index in [2.05, 4.69) is 38.1 Å². The Bertz CT molecular complexity index is 394. The zero-order chi connectivity index (χ0) is 12.3. The van der Waals surface area contributed by atoms with Gasteiger partial charge in [-0.05, 0) is 35.7 Å². The van der Waals surface area contributed by atoms with Gasteiger partial charge in [0.15, 0.2) is 0 Å². The molecule has 94 valence electrons. The van der Waals surface area contributed by atoms with Crippen LogP contribution in [0, 0.1) is 0 Å². The summed E-state index contributed by atoms with van der Waals surface area (Å²) in [6.07, 6.45) is 3.78. The minimum atomic E-state index is -0.100. The quantitative estimate of drug-likeness (QED) is 0.928. The molecule has 6 heteroatoms. The molecule has 0 radical (unpaired) electrons. The molecule has 0 aromatic carbocycles. The average molecular weight is 302 g/mol. The fraction of sp³-hybridized carbons (Fsp3) is 0.636. The Morgan fingerprint density at radius 2 is 2.41 bits per heavy atom. The summed E-state index contributed by atoms with van der Waals surface area (Å²) >= 11 is 3.33. The normalized spacial score (nSPS) is 24.4. The van der Waals surface area contributed by atoms with Crippen molar-refractivity contribution in [3.8, 4) is 5.88 Å². The van der Waals surface area contributed by atoms with Crippen molar-refractivity contribution >= 4 is 21.9 Å². The second-order valence-electron chi connectivity index (χ2n) is 4.39. The maximum atomic E-state index is 5.48. The first-order valence-electron chi connectivity index (χ1n) is 5.55. The Hall–Kier alpha value is -0.880. The van der Waals surface area contributed by atoms with E-state index in [1.165, 1.54) is 0 Å². The molecule has 0 amide bonds. The van der Waals surface area contributed by atoms with Crippen molar-refractivity contribution in [1.29, 1.82) is 0 Å². The highest BCUT2D eigenvalue weighted by Gasteiger charge is 2.28. The molecule has 1 atom stereocenters. The van der Waals surface area contributed by atoms with Crippen LogP contribution in [0.3, 0.4) is 0 Å². The van der Waals surface area contributed by atoms with Gasteiger partial charge in [0.1, 0.15) is 0 Å². The van der Waals surface area contributed by atoms with Crippen LogP contribution >= 0.6 is 15.9 Å². The summed E-state index contributed by atoms with van der Waals surface area (Å²) in [6, 6.07) is 0. The SMILES string of the molecule is COc1nc(NC2(C)CCCOC2)ncc1Br. The van der Waals surface area contributed by atoms with Crippen LogP contribution < -0.4 is 10.1 Å². The number of methoxy groups -OCH3 is 1. The van der Waals surface area contributed by atoms with Gasteiger partial charge in [0.25, 0.3) is 0 Å². The van der Waals surface area contributed by atoms with E-state index in [0.29, 0.717) is 18.4 Å². The highest BCUT2D eigenvalue weighted by molar-refractivity contribution is 9.10. The van der Waals surface area contributed by atoms with Gasteiger partial charge in [0.05, 0.1) is 29.9 Å². The van der Waals surface area contributed by atoms with Crippen molar-refractivity contribution < 1.29 is 9.47 Å². The molecule has 0 bridgehead atoms. The first-order chi connectivity index (χ1) is 8.13. The number of anilines is 1. The molecule has 0 saturated carbocycles. The largest absolute Gasteiger partial charge is 0.480 e. The number of ether oxygens (including phenoxy) is 2. The standard InChI is InChI=1S/C11H16BrN3O2/c1-11(4-3-5-17-7-11)15-10-13-6-8(12)9(14-10)16-2/h6H,3-5,7H2,1-2H3,(H,13,14,15). The van der Waals surface area contributed by atoms with E-state index >= 15 is 0 Å². The Morgan fingerprint density at radius 3 is 3.06 bits per heavy atom. The summed E-state index contributed by atoms with van der Waals surface area (Å²) in [5.74, 6) is 1.10. The monoisotopic (exact) mass is 301 g/mol. The Labute approximate surface area is 109 Å². The van der Waals surface area contributed by atoms with Crippen LogP contribution in [0.2, 0.25) is 0 Å². The highest BCUT2D eigenvalue weighted by Crippen LogP contribution is 2.26. The number of nitrogens with one attached hydrogen (secondary N) is 1. The van der Waals surface area contributed by atoms with Crippen LogP contribution in [0.5, 0.6) is 5.88 Å². The van der Waals surface area contributed by atoms with Crippen LogP contribution in [0.4, 0.5) is 5.95 Å². The lowest BCUT2D eigenvalue weighted by molar-refractivity contribution is 0.0537. The van der Waals surface area contributed by atoms with E-state index in [4.69, 9.17) is 9.47 Å². The molecule has 1 aliphatic rings. The van der Waals surface area contributed by atoms with Crippen LogP contribution in [-0.4, -0.2) is 35.8 Å². The summed E-state index contributed by atoms with van der Waals surface area (Å²) in [5, 5.41) is 3.31. The van der Waals surface area contributed by atoms with Crippen LogP contribution in [-0.2, 0) is 4.74 Å². The second kappa shape index (κ2) is 5.18. The molecule has 5 nitrogen and oxygen atoms in total. The fourth-order valence-electron chi connectivity index (χ4n) is 1.86. The van der Waals surface area contributed by atoms with E-state index in [1.54, 1.807) is 13.3 Å². The van der Waals surface area contributed by atoms with Gasteiger partial charge in [-0.2, -0.15) is 4.98 Å². The average Bonchev–Trinajstić information content (AvgIpc) is 2.32. The number of rotatable bonds is 3. The molecule has 1 aromatic rings. The lowest BCUT2D eigenvalue weighted by atomic mass is 9.95. The molecule has 1 aliphatic heterocycles. The molecule has 1 N–H and O–H groups in total. The van der Waals surface area contributed by atoms with Gasteiger partial charge in [0.2, 0.25) is 11.8 Å². The zero-order valence-electron chi connectivity index (χ0n) is 9.99. The second-order valence-corrected chi connectivity index (χ2v) is 5.25. The molecule has 2 heterocycles. The first-order valence-corrected chi connectivity index (χ1v) is 6.35. The third kappa shape index (κ3) is 3.07. The predicted molar refractivity (Wildman–Crippen MR) is 68.4 cm³/mol. The summed E-state index contributed by atoms with van der Waals surface area (Å²) in [6.45, 7) is 3.63. The number of nitrogens with zero attached hydrogens (tertiary/aromatic N) is 2. The molecule has 1 fully saturated rings. The van der Waals surface area contributed by atoms with Crippen molar-refractivity contribution in [2.24, 2.45) is 0 Å². The molecule has 0 aliphatic carbocycles. The van der Waals surface area contributed by atoms with Gasteiger partial charge in [-0.1, -0.05) is 0 Å². The van der Waals surface area contributed by atoms with E-state index < -0.39 is 0 Å². The molecular formula is C11H16BrN3O2. The minimum Gasteiger partial charge on any atom is -0.480 e. The van der Waals surface area contributed by atoms with E-state index in [-0.39, 0.29) is 5.54 Å². The molecular weight excluding hydrogens is 286 g/mol. The smallest absolute Gasteiger partial charge is 0.232 e. The van der Waals surface area contributed by atoms with E-state index in [9.17, 15) is 0 Å². The maximum Gasteiger partial charge on any atom is 0.232 e. The van der Waals surface area contributed by atoms with Crippen molar-refractivity contribution in [2.75, 3.05) is 25.6 Å². The van der Waals surface area contributed by atoms with Crippen LogP contribution in [0.1, 0.15) is 19.8 Å². The number of hydrogen-bond acceptors (Lipinski definition) is 5. The first kappa shape index (κ1) is 12.6. The summed E-state index contributed by atoms with van der Waals surface area (Å²) in [7, 11) is 1.59. The maximum absolute atomic E-state index is 5.48. The number of aromatic nitrogens is 2. The van der Waals surface area contributed by atoms with Crippen molar-refractivity contribution in [2.45, 2.75) is 25.3 Å². The highest BCUT2D eigenvalue weighted by atomic mass is 79.9. The zero-order valence-corrected chi connectivity index (χ0v) is 11.6. The van der Waals surface area contributed by atoms with Crippen LogP contribution in [0.25, 0.3) is 0 Å². The molecule has 1 unspecified atom stereocenters. The van der Waals surface area contributed by atoms with Crippen LogP contribution in [0.15, 0.2) is 10.7 Å². The van der Waals surface area contributed by atoms with Crippen molar-refractivity contribution in [3.63, 3.8) is 0 Å². The van der Waals surface area contributed by atoms with Crippen molar-refractivity contribution in [1.82, 2.24) is 9.97 Å². The third-order valence-electron chi connectivity index (χ3n) is 2.76. The third-order valence-corrected chi connectivity index (χ3v) is 3.30. The Morgan fingerprint density at radius 1 is 1.59 bits per heavy atom. The molecule has 17 heavy (non-hydrogen) atoms. The lowest BCUT2D eigenvalue weighted by Crippen LogP contribution is -2.43. The molecule has 1 saturated heterocycles. The summed E-state index contributed by atoms with van der Waals surface area (Å²) in [5.41, 5.74) is -0.100. The van der Waals surface area contributed by atoms with Gasteiger partial charge in [0, 0.05) is 6.61 Å². The molecule has 0 spiro atoms. The summed E-state index contributed by atoms with van der Waals surface area (Å²) < 4.78 is 11.4. The Kier molecular flexibility index (Phi) is 3.83. The van der Waals surface area contributed by atoms with E-state index in [0.717, 1.165) is 23.9 Å². The topological polar surface area (TPSA) is 56.3 Å². The van der Waals surface area contributed by atoms with Gasteiger partial charge >= 0.3 is 0 Å².